The van der Waals surface area contributed by atoms with Gasteiger partial charge in [0.25, 0.3) is 0 Å². The van der Waals surface area contributed by atoms with Gasteiger partial charge in [-0.3, -0.25) is 13.8 Å². The Morgan fingerprint density at radius 2 is 1.12 bits per heavy atom. The maximum Gasteiger partial charge on any atom is 0.472 e. The number of nitrogens with two attached hydrogens (primary N) is 1. The van der Waals surface area contributed by atoms with Crippen molar-refractivity contribution in [1.82, 2.24) is 5.32 Å². The van der Waals surface area contributed by atoms with Crippen LogP contribution in [0.15, 0.2) is 12.2 Å². The highest BCUT2D eigenvalue weighted by Gasteiger charge is 2.27. The fourth-order valence-corrected chi connectivity index (χ4v) is 6.82. The Morgan fingerprint density at radius 1 is 0.694 bits per heavy atom. The molecule has 4 atom stereocenters. The van der Waals surface area contributed by atoms with E-state index < -0.39 is 38.6 Å². The summed E-state index contributed by atoms with van der Waals surface area (Å²) in [7, 11) is -4.39. The van der Waals surface area contributed by atoms with Gasteiger partial charge in [0, 0.05) is 6.54 Å². The van der Waals surface area contributed by atoms with Gasteiger partial charge in [-0.2, -0.15) is 0 Å². The normalized spacial score (nSPS) is 15.0. The highest BCUT2D eigenvalue weighted by Crippen LogP contribution is 2.43. The van der Waals surface area contributed by atoms with Gasteiger partial charge in [0.15, 0.2) is 0 Å². The lowest BCUT2D eigenvalue weighted by Crippen LogP contribution is -2.46. The standard InChI is InChI=1S/C39H79N2O7P/c1-3-5-7-9-11-13-15-16-17-18-19-21-23-25-27-29-31-38(43)37(35-48-49(45,46)47-33-32-40)41-39(44)34-36(42)30-28-26-24-22-20-14-12-10-8-6-4-2/h29,31,36-38,42-43H,3-28,30,32-35,40H2,1-2H3,(H,41,44)(H,45,46)/b31-29+. The van der Waals surface area contributed by atoms with E-state index in [9.17, 15) is 24.5 Å². The van der Waals surface area contributed by atoms with Crippen molar-refractivity contribution in [1.29, 1.82) is 0 Å². The van der Waals surface area contributed by atoms with Crippen LogP contribution in [0.2, 0.25) is 0 Å². The molecule has 0 saturated heterocycles. The number of allylic oxidation sites excluding steroid dienone is 1. The number of carbonyl (C=O) groups excluding carboxylic acids is 1. The van der Waals surface area contributed by atoms with Gasteiger partial charge in [-0.25, -0.2) is 4.57 Å². The first kappa shape index (κ1) is 48.2. The second kappa shape index (κ2) is 35.6. The molecule has 0 fully saturated rings. The monoisotopic (exact) mass is 719 g/mol. The second-order valence-electron chi connectivity index (χ2n) is 14.0. The highest BCUT2D eigenvalue weighted by molar-refractivity contribution is 7.47. The van der Waals surface area contributed by atoms with Crippen LogP contribution in [0.3, 0.4) is 0 Å². The molecular weight excluding hydrogens is 639 g/mol. The number of phosphoric acid groups is 1. The number of rotatable bonds is 38. The molecule has 10 heteroatoms. The molecule has 0 rings (SSSR count). The van der Waals surface area contributed by atoms with Crippen molar-refractivity contribution in [3.8, 4) is 0 Å². The minimum absolute atomic E-state index is 0.0513. The SMILES string of the molecule is CCCCCCCCCCCCCCCC/C=C/C(O)C(COP(=O)(O)OCCN)NC(=O)CC(O)CCCCCCCCCCCCC. The number of phosphoric ester groups is 1. The first-order valence-electron chi connectivity index (χ1n) is 20.4. The summed E-state index contributed by atoms with van der Waals surface area (Å²) in [5.41, 5.74) is 5.35. The van der Waals surface area contributed by atoms with Gasteiger partial charge in [-0.15, -0.1) is 0 Å². The quantitative estimate of drug-likeness (QED) is 0.0240. The molecule has 4 unspecified atom stereocenters. The molecule has 292 valence electrons. The van der Waals surface area contributed by atoms with Crippen LogP contribution < -0.4 is 11.1 Å². The fourth-order valence-electron chi connectivity index (χ4n) is 6.06. The molecule has 0 aliphatic rings. The lowest BCUT2D eigenvalue weighted by Gasteiger charge is -2.24. The average molecular weight is 719 g/mol. The predicted molar refractivity (Wildman–Crippen MR) is 204 cm³/mol. The fraction of sp³-hybridized carbons (Fsp3) is 0.923. The Balaban J connectivity index is 4.38. The van der Waals surface area contributed by atoms with E-state index in [2.05, 4.69) is 19.2 Å². The average Bonchev–Trinajstić information content (AvgIpc) is 3.07. The Kier molecular flexibility index (Phi) is 35.0. The molecule has 49 heavy (non-hydrogen) atoms. The molecule has 6 N–H and O–H groups in total. The summed E-state index contributed by atoms with van der Waals surface area (Å²) in [6.07, 6.45) is 34.3. The number of hydrogen-bond donors (Lipinski definition) is 5. The van der Waals surface area contributed by atoms with Crippen molar-refractivity contribution >= 4 is 13.7 Å². The van der Waals surface area contributed by atoms with Crippen molar-refractivity contribution < 1.29 is 33.5 Å². The van der Waals surface area contributed by atoms with Crippen LogP contribution in [0.25, 0.3) is 0 Å². The zero-order valence-corrected chi connectivity index (χ0v) is 32.7. The van der Waals surface area contributed by atoms with Crippen LogP contribution in [-0.4, -0.2) is 59.0 Å². The summed E-state index contributed by atoms with van der Waals surface area (Å²) >= 11 is 0. The number of hydrogen-bond acceptors (Lipinski definition) is 7. The molecule has 0 aliphatic carbocycles. The topological polar surface area (TPSA) is 151 Å². The van der Waals surface area contributed by atoms with E-state index in [1.807, 2.05) is 6.08 Å². The van der Waals surface area contributed by atoms with Crippen LogP contribution in [0, 0.1) is 0 Å². The molecule has 0 aromatic rings. The van der Waals surface area contributed by atoms with Crippen LogP contribution in [0.4, 0.5) is 0 Å². The molecule has 0 aromatic heterocycles. The Morgan fingerprint density at radius 3 is 1.57 bits per heavy atom. The molecule has 0 bridgehead atoms. The van der Waals surface area contributed by atoms with E-state index >= 15 is 0 Å². The van der Waals surface area contributed by atoms with E-state index in [0.29, 0.717) is 6.42 Å². The third-order valence-corrected chi connectivity index (χ3v) is 10.2. The van der Waals surface area contributed by atoms with Gasteiger partial charge >= 0.3 is 7.82 Å². The molecule has 0 aliphatic heterocycles. The molecule has 9 nitrogen and oxygen atoms in total. The van der Waals surface area contributed by atoms with Crippen LogP contribution in [0.1, 0.15) is 194 Å². The van der Waals surface area contributed by atoms with Crippen LogP contribution in [-0.2, 0) is 18.4 Å². The van der Waals surface area contributed by atoms with Gasteiger partial charge in [0.05, 0.1) is 37.9 Å². The zero-order valence-electron chi connectivity index (χ0n) is 31.8. The zero-order chi connectivity index (χ0) is 36.3. The van der Waals surface area contributed by atoms with Gasteiger partial charge in [0.2, 0.25) is 5.91 Å². The summed E-state index contributed by atoms with van der Waals surface area (Å²) < 4.78 is 22.0. The summed E-state index contributed by atoms with van der Waals surface area (Å²) in [5, 5.41) is 24.0. The van der Waals surface area contributed by atoms with E-state index in [-0.39, 0.29) is 19.6 Å². The van der Waals surface area contributed by atoms with E-state index in [0.717, 1.165) is 38.5 Å². The minimum Gasteiger partial charge on any atom is -0.393 e. The van der Waals surface area contributed by atoms with Crippen molar-refractivity contribution in [2.75, 3.05) is 19.8 Å². The van der Waals surface area contributed by atoms with Crippen LogP contribution in [0.5, 0.6) is 0 Å². The number of carbonyl (C=O) groups is 1. The first-order chi connectivity index (χ1) is 23.8. The Labute approximate surface area is 301 Å². The second-order valence-corrected chi connectivity index (χ2v) is 15.5. The summed E-state index contributed by atoms with van der Waals surface area (Å²) in [5.74, 6) is -0.445. The molecule has 0 heterocycles. The molecular formula is C39H79N2O7P. The van der Waals surface area contributed by atoms with Gasteiger partial charge < -0.3 is 26.2 Å². The minimum atomic E-state index is -4.39. The van der Waals surface area contributed by atoms with Crippen molar-refractivity contribution in [3.05, 3.63) is 12.2 Å². The number of nitrogens with one attached hydrogen (secondary N) is 1. The molecule has 1 amide bonds. The summed E-state index contributed by atoms with van der Waals surface area (Å²) in [4.78, 5) is 22.7. The maximum absolute atomic E-state index is 12.7. The maximum atomic E-state index is 12.7. The third-order valence-electron chi connectivity index (χ3n) is 9.17. The van der Waals surface area contributed by atoms with Gasteiger partial charge in [0.1, 0.15) is 0 Å². The number of aliphatic hydroxyl groups excluding tert-OH is 2. The Bertz CT molecular complexity index is 801. The van der Waals surface area contributed by atoms with Gasteiger partial charge in [-0.05, 0) is 19.3 Å². The lowest BCUT2D eigenvalue weighted by molar-refractivity contribution is -0.124. The van der Waals surface area contributed by atoms with Crippen molar-refractivity contribution in [2.24, 2.45) is 5.73 Å². The highest BCUT2D eigenvalue weighted by atomic mass is 31.2. The predicted octanol–water partition coefficient (Wildman–Crippen LogP) is 9.80. The molecule has 0 radical (unpaired) electrons. The van der Waals surface area contributed by atoms with E-state index in [1.165, 1.54) is 128 Å². The summed E-state index contributed by atoms with van der Waals surface area (Å²) in [6, 6.07) is -0.976. The van der Waals surface area contributed by atoms with Crippen molar-refractivity contribution in [3.63, 3.8) is 0 Å². The van der Waals surface area contributed by atoms with Crippen molar-refractivity contribution in [2.45, 2.75) is 212 Å². The Hall–Kier alpha value is -0.800. The molecule has 0 saturated carbocycles. The summed E-state index contributed by atoms with van der Waals surface area (Å²) in [6.45, 7) is 3.96. The van der Waals surface area contributed by atoms with E-state index in [1.54, 1.807) is 6.08 Å². The largest absolute Gasteiger partial charge is 0.472 e. The number of unbranched alkanes of at least 4 members (excludes halogenated alkanes) is 24. The lowest BCUT2D eigenvalue weighted by atomic mass is 10.0. The van der Waals surface area contributed by atoms with Crippen LogP contribution >= 0.6 is 7.82 Å². The third kappa shape index (κ3) is 34.1. The molecule has 0 aromatic carbocycles. The number of aliphatic hydroxyl groups is 2. The number of amides is 1. The van der Waals surface area contributed by atoms with E-state index in [4.69, 9.17) is 14.8 Å². The first-order valence-corrected chi connectivity index (χ1v) is 21.9. The smallest absolute Gasteiger partial charge is 0.393 e. The van der Waals surface area contributed by atoms with Gasteiger partial charge in [-0.1, -0.05) is 180 Å². The molecule has 0 spiro atoms.